The average molecular weight is 373 g/mol. The molecule has 1 unspecified atom stereocenters. The topological polar surface area (TPSA) is 50.4 Å². The lowest BCUT2D eigenvalue weighted by molar-refractivity contribution is -0.127. The van der Waals surface area contributed by atoms with Gasteiger partial charge in [-0.25, -0.2) is 0 Å². The number of amides is 1. The Hall–Kier alpha value is -2.30. The third-order valence-corrected chi connectivity index (χ3v) is 4.29. The molecule has 0 fully saturated rings. The molecule has 1 heterocycles. The standard InChI is InChI=1S/C21H24N2O2.ClH/c1-16(21(24)23-15-17-11-13-22-14-12-17)25-20-9-7-19(8-10-20)18-5-3-2-4-6-18;/h2-11,16,22H,12-15H2,1H3,(H,23,24);1H. The molecule has 0 spiro atoms. The lowest BCUT2D eigenvalue weighted by Gasteiger charge is -2.18. The molecule has 3 rings (SSSR count). The first-order chi connectivity index (χ1) is 12.2. The molecule has 0 aliphatic carbocycles. The van der Waals surface area contributed by atoms with Gasteiger partial charge in [0, 0.05) is 13.1 Å². The van der Waals surface area contributed by atoms with E-state index in [1.54, 1.807) is 6.92 Å². The minimum atomic E-state index is -0.523. The number of benzene rings is 2. The molecule has 1 atom stereocenters. The maximum absolute atomic E-state index is 12.2. The highest BCUT2D eigenvalue weighted by atomic mass is 35.5. The Morgan fingerprint density at radius 2 is 1.81 bits per heavy atom. The molecular formula is C21H25ClN2O2. The largest absolute Gasteiger partial charge is 0.481 e. The van der Waals surface area contributed by atoms with Gasteiger partial charge in [0.05, 0.1) is 0 Å². The Bertz CT molecular complexity index is 729. The second-order valence-corrected chi connectivity index (χ2v) is 6.18. The SMILES string of the molecule is CC(Oc1ccc(-c2ccccc2)cc1)C(=O)NCC1=CCNCC1.Cl. The lowest BCUT2D eigenvalue weighted by atomic mass is 10.1. The van der Waals surface area contributed by atoms with E-state index >= 15 is 0 Å². The Morgan fingerprint density at radius 3 is 2.46 bits per heavy atom. The van der Waals surface area contributed by atoms with Crippen LogP contribution in [0, 0.1) is 0 Å². The minimum Gasteiger partial charge on any atom is -0.481 e. The molecule has 0 saturated carbocycles. The van der Waals surface area contributed by atoms with Crippen molar-refractivity contribution >= 4 is 18.3 Å². The number of carbonyl (C=O) groups is 1. The second-order valence-electron chi connectivity index (χ2n) is 6.18. The summed E-state index contributed by atoms with van der Waals surface area (Å²) in [4.78, 5) is 12.2. The van der Waals surface area contributed by atoms with Crippen LogP contribution in [-0.4, -0.2) is 31.6 Å². The van der Waals surface area contributed by atoms with Gasteiger partial charge in [0.25, 0.3) is 5.91 Å². The van der Waals surface area contributed by atoms with Crippen LogP contribution in [0.15, 0.2) is 66.2 Å². The average Bonchev–Trinajstić information content (AvgIpc) is 2.68. The number of hydrogen-bond donors (Lipinski definition) is 2. The highest BCUT2D eigenvalue weighted by Crippen LogP contribution is 2.22. The van der Waals surface area contributed by atoms with Crippen molar-refractivity contribution in [1.29, 1.82) is 0 Å². The van der Waals surface area contributed by atoms with Crippen LogP contribution >= 0.6 is 12.4 Å². The Labute approximate surface area is 161 Å². The first-order valence-corrected chi connectivity index (χ1v) is 8.71. The molecular weight excluding hydrogens is 348 g/mol. The van der Waals surface area contributed by atoms with Gasteiger partial charge in [-0.3, -0.25) is 4.79 Å². The minimum absolute atomic E-state index is 0. The predicted molar refractivity (Wildman–Crippen MR) is 108 cm³/mol. The Morgan fingerprint density at radius 1 is 1.12 bits per heavy atom. The summed E-state index contributed by atoms with van der Waals surface area (Å²) in [6.45, 7) is 4.23. The van der Waals surface area contributed by atoms with Crippen molar-refractivity contribution in [2.45, 2.75) is 19.4 Å². The van der Waals surface area contributed by atoms with Crippen LogP contribution in [0.1, 0.15) is 13.3 Å². The van der Waals surface area contributed by atoms with Gasteiger partial charge in [0.2, 0.25) is 0 Å². The van der Waals surface area contributed by atoms with Gasteiger partial charge in [0.1, 0.15) is 5.75 Å². The summed E-state index contributed by atoms with van der Waals surface area (Å²) in [7, 11) is 0. The van der Waals surface area contributed by atoms with Gasteiger partial charge < -0.3 is 15.4 Å². The van der Waals surface area contributed by atoms with Crippen molar-refractivity contribution in [2.75, 3.05) is 19.6 Å². The van der Waals surface area contributed by atoms with Crippen molar-refractivity contribution in [1.82, 2.24) is 10.6 Å². The van der Waals surface area contributed by atoms with Crippen LogP contribution < -0.4 is 15.4 Å². The van der Waals surface area contributed by atoms with Crippen LogP contribution in [-0.2, 0) is 4.79 Å². The quantitative estimate of drug-likeness (QED) is 0.762. The number of ether oxygens (including phenoxy) is 1. The molecule has 1 aliphatic rings. The van der Waals surface area contributed by atoms with E-state index in [9.17, 15) is 4.79 Å². The van der Waals surface area contributed by atoms with E-state index in [0.717, 1.165) is 30.6 Å². The second kappa shape index (κ2) is 10.00. The molecule has 2 aromatic rings. The van der Waals surface area contributed by atoms with E-state index in [1.807, 2.05) is 42.5 Å². The molecule has 0 saturated heterocycles. The van der Waals surface area contributed by atoms with E-state index in [4.69, 9.17) is 4.74 Å². The molecule has 2 aromatic carbocycles. The summed E-state index contributed by atoms with van der Waals surface area (Å²) in [5.41, 5.74) is 3.56. The van der Waals surface area contributed by atoms with Gasteiger partial charge in [-0.15, -0.1) is 12.4 Å². The molecule has 1 amide bonds. The number of nitrogens with one attached hydrogen (secondary N) is 2. The number of carbonyl (C=O) groups excluding carboxylic acids is 1. The lowest BCUT2D eigenvalue weighted by Crippen LogP contribution is -2.38. The summed E-state index contributed by atoms with van der Waals surface area (Å²) in [5.74, 6) is 0.606. The number of hydrogen-bond acceptors (Lipinski definition) is 3. The van der Waals surface area contributed by atoms with Gasteiger partial charge >= 0.3 is 0 Å². The fourth-order valence-electron chi connectivity index (χ4n) is 2.79. The first-order valence-electron chi connectivity index (χ1n) is 8.71. The van der Waals surface area contributed by atoms with E-state index in [0.29, 0.717) is 12.3 Å². The molecule has 5 heteroatoms. The van der Waals surface area contributed by atoms with E-state index in [-0.39, 0.29) is 18.3 Å². The summed E-state index contributed by atoms with van der Waals surface area (Å²) in [5, 5.41) is 6.21. The molecule has 0 bridgehead atoms. The molecule has 4 nitrogen and oxygen atoms in total. The van der Waals surface area contributed by atoms with Crippen LogP contribution in [0.2, 0.25) is 0 Å². The summed E-state index contributed by atoms with van der Waals surface area (Å²) in [6.07, 6.45) is 2.60. The van der Waals surface area contributed by atoms with Crippen LogP contribution in [0.5, 0.6) is 5.75 Å². The van der Waals surface area contributed by atoms with Crippen molar-refractivity contribution in [3.63, 3.8) is 0 Å². The van der Waals surface area contributed by atoms with Crippen LogP contribution in [0.3, 0.4) is 0 Å². The zero-order chi connectivity index (χ0) is 17.5. The smallest absolute Gasteiger partial charge is 0.261 e. The van der Waals surface area contributed by atoms with Gasteiger partial charge in [0.15, 0.2) is 6.10 Å². The molecule has 138 valence electrons. The van der Waals surface area contributed by atoms with Crippen molar-refractivity contribution < 1.29 is 9.53 Å². The maximum atomic E-state index is 12.2. The van der Waals surface area contributed by atoms with E-state index in [1.165, 1.54) is 5.57 Å². The summed E-state index contributed by atoms with van der Waals surface area (Å²) in [6, 6.07) is 18.0. The van der Waals surface area contributed by atoms with E-state index in [2.05, 4.69) is 28.8 Å². The van der Waals surface area contributed by atoms with E-state index < -0.39 is 6.10 Å². The highest BCUT2D eigenvalue weighted by molar-refractivity contribution is 5.85. The van der Waals surface area contributed by atoms with Crippen molar-refractivity contribution in [3.05, 3.63) is 66.2 Å². The van der Waals surface area contributed by atoms with Gasteiger partial charge in [-0.05, 0) is 43.1 Å². The monoisotopic (exact) mass is 372 g/mol. The Kier molecular flexibility index (Phi) is 7.70. The third-order valence-electron chi connectivity index (χ3n) is 4.29. The molecule has 2 N–H and O–H groups in total. The molecule has 0 aromatic heterocycles. The number of rotatable bonds is 6. The molecule has 1 aliphatic heterocycles. The van der Waals surface area contributed by atoms with Gasteiger partial charge in [-0.2, -0.15) is 0 Å². The molecule has 26 heavy (non-hydrogen) atoms. The summed E-state index contributed by atoms with van der Waals surface area (Å²) < 4.78 is 5.76. The van der Waals surface area contributed by atoms with Crippen LogP contribution in [0.4, 0.5) is 0 Å². The highest BCUT2D eigenvalue weighted by Gasteiger charge is 2.15. The summed E-state index contributed by atoms with van der Waals surface area (Å²) >= 11 is 0. The zero-order valence-electron chi connectivity index (χ0n) is 14.9. The van der Waals surface area contributed by atoms with Crippen LogP contribution in [0.25, 0.3) is 11.1 Å². The maximum Gasteiger partial charge on any atom is 0.261 e. The van der Waals surface area contributed by atoms with Crippen molar-refractivity contribution in [2.24, 2.45) is 0 Å². The van der Waals surface area contributed by atoms with Gasteiger partial charge in [-0.1, -0.05) is 54.1 Å². The van der Waals surface area contributed by atoms with Crippen molar-refractivity contribution in [3.8, 4) is 16.9 Å². The third kappa shape index (κ3) is 5.61. The fraction of sp³-hybridized carbons (Fsp3) is 0.286. The number of halogens is 1. The first kappa shape index (κ1) is 20.0. The fourth-order valence-corrected chi connectivity index (χ4v) is 2.79. The predicted octanol–water partition coefficient (Wildman–Crippen LogP) is 3.58. The normalized spacial score (nSPS) is 14.6. The Balaban J connectivity index is 0.00000243. The zero-order valence-corrected chi connectivity index (χ0v) is 15.7. The molecule has 0 radical (unpaired) electrons.